The van der Waals surface area contributed by atoms with Crippen molar-refractivity contribution in [3.05, 3.63) is 0 Å². The molecule has 0 saturated carbocycles. The monoisotopic (exact) mass is 242 g/mol. The van der Waals surface area contributed by atoms with E-state index in [1.54, 1.807) is 0 Å². The summed E-state index contributed by atoms with van der Waals surface area (Å²) < 4.78 is 4.54. The molecular weight excluding hydrogens is 220 g/mol. The normalized spacial score (nSPS) is 23.4. The number of rotatable bonds is 6. The molecule has 98 valence electrons. The maximum atomic E-state index is 12.0. The van der Waals surface area contributed by atoms with Crippen molar-refractivity contribution in [3.8, 4) is 0 Å². The molecule has 0 aromatic heterocycles. The van der Waals surface area contributed by atoms with Crippen LogP contribution in [0.15, 0.2) is 0 Å². The Morgan fingerprint density at radius 1 is 1.47 bits per heavy atom. The van der Waals surface area contributed by atoms with Gasteiger partial charge in [0.15, 0.2) is 0 Å². The van der Waals surface area contributed by atoms with Gasteiger partial charge in [-0.1, -0.05) is 6.92 Å². The Morgan fingerprint density at radius 3 is 2.76 bits per heavy atom. The van der Waals surface area contributed by atoms with Crippen LogP contribution >= 0.6 is 0 Å². The zero-order chi connectivity index (χ0) is 12.7. The van der Waals surface area contributed by atoms with E-state index < -0.39 is 0 Å². The van der Waals surface area contributed by atoms with Gasteiger partial charge < -0.3 is 15.4 Å². The molecule has 0 radical (unpaired) electrons. The first-order valence-corrected chi connectivity index (χ1v) is 6.20. The summed E-state index contributed by atoms with van der Waals surface area (Å²) in [6.07, 6.45) is 2.73. The summed E-state index contributed by atoms with van der Waals surface area (Å²) in [6, 6.07) is 0. The van der Waals surface area contributed by atoms with Crippen molar-refractivity contribution in [1.29, 1.82) is 0 Å². The maximum absolute atomic E-state index is 12.0. The van der Waals surface area contributed by atoms with Crippen LogP contribution in [-0.4, -0.2) is 38.6 Å². The average molecular weight is 242 g/mol. The van der Waals surface area contributed by atoms with Gasteiger partial charge in [0.1, 0.15) is 0 Å². The second kappa shape index (κ2) is 6.59. The Kier molecular flexibility index (Phi) is 5.41. The van der Waals surface area contributed by atoms with Crippen molar-refractivity contribution < 1.29 is 14.3 Å². The number of ether oxygens (including phenoxy) is 1. The number of amides is 1. The SMILES string of the molecule is CCC1(C(=O)NCCCC(=O)OC)CCNC1. The van der Waals surface area contributed by atoms with Crippen LogP contribution in [0.2, 0.25) is 0 Å². The lowest BCUT2D eigenvalue weighted by molar-refractivity contribution is -0.141. The first-order valence-electron chi connectivity index (χ1n) is 6.20. The molecule has 5 nitrogen and oxygen atoms in total. The number of hydrogen-bond acceptors (Lipinski definition) is 4. The first-order chi connectivity index (χ1) is 8.14. The van der Waals surface area contributed by atoms with Crippen molar-refractivity contribution in [2.75, 3.05) is 26.7 Å². The van der Waals surface area contributed by atoms with Crippen LogP contribution in [0.25, 0.3) is 0 Å². The zero-order valence-electron chi connectivity index (χ0n) is 10.7. The Bertz CT molecular complexity index is 273. The van der Waals surface area contributed by atoms with Crippen LogP contribution in [0.4, 0.5) is 0 Å². The predicted octanol–water partition coefficient (Wildman–Crippen LogP) is 0.445. The molecule has 1 rings (SSSR count). The molecule has 2 N–H and O–H groups in total. The molecule has 0 spiro atoms. The maximum Gasteiger partial charge on any atom is 0.305 e. The molecule has 1 atom stereocenters. The highest BCUT2D eigenvalue weighted by Crippen LogP contribution is 2.29. The molecule has 0 aromatic rings. The van der Waals surface area contributed by atoms with E-state index in [1.165, 1.54) is 7.11 Å². The summed E-state index contributed by atoms with van der Waals surface area (Å²) in [6.45, 7) is 4.24. The molecule has 17 heavy (non-hydrogen) atoms. The Labute approximate surface area is 102 Å². The lowest BCUT2D eigenvalue weighted by Gasteiger charge is -2.25. The Morgan fingerprint density at radius 2 is 2.24 bits per heavy atom. The molecule has 1 saturated heterocycles. The highest BCUT2D eigenvalue weighted by molar-refractivity contribution is 5.83. The number of methoxy groups -OCH3 is 1. The van der Waals surface area contributed by atoms with Crippen molar-refractivity contribution in [2.45, 2.75) is 32.6 Å². The van der Waals surface area contributed by atoms with Gasteiger partial charge in [0.25, 0.3) is 0 Å². The van der Waals surface area contributed by atoms with Gasteiger partial charge >= 0.3 is 5.97 Å². The average Bonchev–Trinajstić information content (AvgIpc) is 2.83. The summed E-state index contributed by atoms with van der Waals surface area (Å²) in [7, 11) is 1.37. The van der Waals surface area contributed by atoms with E-state index in [2.05, 4.69) is 15.4 Å². The van der Waals surface area contributed by atoms with Crippen molar-refractivity contribution in [3.63, 3.8) is 0 Å². The van der Waals surface area contributed by atoms with Crippen molar-refractivity contribution >= 4 is 11.9 Å². The summed E-state index contributed by atoms with van der Waals surface area (Å²) in [4.78, 5) is 22.9. The third kappa shape index (κ3) is 3.70. The molecule has 1 heterocycles. The van der Waals surface area contributed by atoms with E-state index in [4.69, 9.17) is 0 Å². The van der Waals surface area contributed by atoms with E-state index in [0.29, 0.717) is 19.4 Å². The second-order valence-corrected chi connectivity index (χ2v) is 4.50. The van der Waals surface area contributed by atoms with Gasteiger partial charge in [0.05, 0.1) is 12.5 Å². The molecule has 0 bridgehead atoms. The molecule has 1 fully saturated rings. The minimum absolute atomic E-state index is 0.106. The van der Waals surface area contributed by atoms with Crippen LogP contribution in [0.1, 0.15) is 32.6 Å². The minimum atomic E-state index is -0.245. The highest BCUT2D eigenvalue weighted by atomic mass is 16.5. The molecule has 0 aliphatic carbocycles. The van der Waals surface area contributed by atoms with Crippen LogP contribution in [0.5, 0.6) is 0 Å². The highest BCUT2D eigenvalue weighted by Gasteiger charge is 2.38. The second-order valence-electron chi connectivity index (χ2n) is 4.50. The lowest BCUT2D eigenvalue weighted by atomic mass is 9.83. The third-order valence-corrected chi connectivity index (χ3v) is 3.47. The lowest BCUT2D eigenvalue weighted by Crippen LogP contribution is -2.42. The number of esters is 1. The molecule has 5 heteroatoms. The summed E-state index contributed by atoms with van der Waals surface area (Å²) in [5, 5.41) is 6.14. The first kappa shape index (κ1) is 14.0. The van der Waals surface area contributed by atoms with E-state index in [1.807, 2.05) is 6.92 Å². The minimum Gasteiger partial charge on any atom is -0.469 e. The number of nitrogens with one attached hydrogen (secondary N) is 2. The van der Waals surface area contributed by atoms with E-state index in [0.717, 1.165) is 25.9 Å². The predicted molar refractivity (Wildman–Crippen MR) is 64.5 cm³/mol. The van der Waals surface area contributed by atoms with E-state index >= 15 is 0 Å². The van der Waals surface area contributed by atoms with Gasteiger partial charge in [-0.2, -0.15) is 0 Å². The van der Waals surface area contributed by atoms with Gasteiger partial charge in [-0.05, 0) is 25.8 Å². The molecular formula is C12H22N2O3. The summed E-state index contributed by atoms with van der Waals surface area (Å²) in [5.41, 5.74) is -0.245. The smallest absolute Gasteiger partial charge is 0.305 e. The third-order valence-electron chi connectivity index (χ3n) is 3.47. The van der Waals surface area contributed by atoms with Gasteiger partial charge in [-0.25, -0.2) is 0 Å². The summed E-state index contributed by atoms with van der Waals surface area (Å²) in [5.74, 6) is -0.123. The molecule has 1 aliphatic heterocycles. The molecule has 1 aliphatic rings. The van der Waals surface area contributed by atoms with Crippen LogP contribution < -0.4 is 10.6 Å². The van der Waals surface area contributed by atoms with Crippen molar-refractivity contribution in [1.82, 2.24) is 10.6 Å². The number of hydrogen-bond donors (Lipinski definition) is 2. The quantitative estimate of drug-likeness (QED) is 0.524. The topological polar surface area (TPSA) is 67.4 Å². The van der Waals surface area contributed by atoms with Gasteiger partial charge in [0.2, 0.25) is 5.91 Å². The molecule has 1 amide bonds. The van der Waals surface area contributed by atoms with Crippen molar-refractivity contribution in [2.24, 2.45) is 5.41 Å². The van der Waals surface area contributed by atoms with Crippen LogP contribution in [-0.2, 0) is 14.3 Å². The standard InChI is InChI=1S/C12H22N2O3/c1-3-12(6-8-13-9-12)11(16)14-7-4-5-10(15)17-2/h13H,3-9H2,1-2H3,(H,14,16). The number of carbonyl (C=O) groups excluding carboxylic acids is 2. The largest absolute Gasteiger partial charge is 0.469 e. The fourth-order valence-corrected chi connectivity index (χ4v) is 2.12. The van der Waals surface area contributed by atoms with Gasteiger partial charge in [-0.3, -0.25) is 9.59 Å². The molecule has 1 unspecified atom stereocenters. The van der Waals surface area contributed by atoms with E-state index in [-0.39, 0.29) is 17.3 Å². The van der Waals surface area contributed by atoms with Crippen LogP contribution in [0, 0.1) is 5.41 Å². The van der Waals surface area contributed by atoms with Gasteiger partial charge in [0, 0.05) is 19.5 Å². The fourth-order valence-electron chi connectivity index (χ4n) is 2.12. The Balaban J connectivity index is 2.26. The van der Waals surface area contributed by atoms with Crippen LogP contribution in [0.3, 0.4) is 0 Å². The Hall–Kier alpha value is -1.10. The fraction of sp³-hybridized carbons (Fsp3) is 0.833. The zero-order valence-corrected chi connectivity index (χ0v) is 10.7. The van der Waals surface area contributed by atoms with Gasteiger partial charge in [-0.15, -0.1) is 0 Å². The molecule has 0 aromatic carbocycles. The van der Waals surface area contributed by atoms with E-state index in [9.17, 15) is 9.59 Å². The summed E-state index contributed by atoms with van der Waals surface area (Å²) >= 11 is 0. The number of carbonyl (C=O) groups is 2.